The molecule has 0 spiro atoms. The van der Waals surface area contributed by atoms with Crippen molar-refractivity contribution in [3.63, 3.8) is 0 Å². The molecule has 1 atom stereocenters. The second kappa shape index (κ2) is 8.85. The Labute approximate surface area is 181 Å². The van der Waals surface area contributed by atoms with Gasteiger partial charge in [-0.15, -0.1) is 0 Å². The van der Waals surface area contributed by atoms with Crippen LogP contribution >= 0.6 is 0 Å². The Hall–Kier alpha value is -4.26. The van der Waals surface area contributed by atoms with Crippen molar-refractivity contribution in [3.05, 3.63) is 106 Å². The van der Waals surface area contributed by atoms with Gasteiger partial charge in [0.15, 0.2) is 0 Å². The van der Waals surface area contributed by atoms with Crippen LogP contribution in [0.2, 0.25) is 0 Å². The minimum Gasteiger partial charge on any atom is -0.480 e. The number of hydrogen-bond acceptors (Lipinski definition) is 4. The van der Waals surface area contributed by atoms with E-state index in [0.29, 0.717) is 22.3 Å². The molecule has 2 N–H and O–H groups in total. The molecule has 0 aliphatic carbocycles. The highest BCUT2D eigenvalue weighted by Crippen LogP contribution is 2.22. The predicted molar refractivity (Wildman–Crippen MR) is 117 cm³/mol. The Balaban J connectivity index is 1.59. The molecule has 1 heterocycles. The van der Waals surface area contributed by atoms with Crippen molar-refractivity contribution in [2.24, 2.45) is 0 Å². The Bertz CT molecular complexity index is 1360. The zero-order valence-corrected chi connectivity index (χ0v) is 16.7. The summed E-state index contributed by atoms with van der Waals surface area (Å²) < 4.78 is 18.4. The van der Waals surface area contributed by atoms with E-state index in [4.69, 9.17) is 4.42 Å². The zero-order chi connectivity index (χ0) is 22.7. The summed E-state index contributed by atoms with van der Waals surface area (Å²) in [5, 5.41) is 12.7. The van der Waals surface area contributed by atoms with E-state index in [2.05, 4.69) is 5.32 Å². The molecular weight excluding hydrogens is 413 g/mol. The SMILES string of the molecule is O=C(N[C@@H](Cc1ccc(F)cc1)C(=O)O)c1cccc(-c2cc3ccccc3oc2=O)c1. The quantitative estimate of drug-likeness (QED) is 0.450. The van der Waals surface area contributed by atoms with Crippen molar-refractivity contribution in [2.75, 3.05) is 0 Å². The molecule has 0 aliphatic heterocycles. The normalized spacial score (nSPS) is 11.8. The highest BCUT2D eigenvalue weighted by atomic mass is 19.1. The first kappa shape index (κ1) is 21.0. The molecule has 160 valence electrons. The van der Waals surface area contributed by atoms with Crippen LogP contribution < -0.4 is 10.9 Å². The third-order valence-electron chi connectivity index (χ3n) is 5.03. The smallest absolute Gasteiger partial charge is 0.344 e. The molecule has 0 radical (unpaired) electrons. The van der Waals surface area contributed by atoms with Crippen molar-refractivity contribution in [2.45, 2.75) is 12.5 Å². The Morgan fingerprint density at radius 1 is 0.969 bits per heavy atom. The molecule has 0 aliphatic rings. The number of fused-ring (bicyclic) bond motifs is 1. The summed E-state index contributed by atoms with van der Waals surface area (Å²) in [5.74, 6) is -2.25. The van der Waals surface area contributed by atoms with Crippen LogP contribution in [0, 0.1) is 5.82 Å². The van der Waals surface area contributed by atoms with E-state index in [0.717, 1.165) is 5.39 Å². The summed E-state index contributed by atoms with van der Waals surface area (Å²) in [6.07, 6.45) is -0.00466. The van der Waals surface area contributed by atoms with E-state index in [1.54, 1.807) is 30.3 Å². The lowest BCUT2D eigenvalue weighted by molar-refractivity contribution is -0.139. The molecule has 1 amide bonds. The summed E-state index contributed by atoms with van der Waals surface area (Å²) in [4.78, 5) is 36.8. The summed E-state index contributed by atoms with van der Waals surface area (Å²) in [6.45, 7) is 0. The van der Waals surface area contributed by atoms with Crippen molar-refractivity contribution in [3.8, 4) is 11.1 Å². The highest BCUT2D eigenvalue weighted by molar-refractivity contribution is 5.97. The average molecular weight is 431 g/mol. The fraction of sp³-hybridized carbons (Fsp3) is 0.0800. The van der Waals surface area contributed by atoms with Gasteiger partial charge in [-0.25, -0.2) is 14.0 Å². The lowest BCUT2D eigenvalue weighted by Gasteiger charge is -2.15. The van der Waals surface area contributed by atoms with Gasteiger partial charge in [-0.05, 0) is 47.5 Å². The van der Waals surface area contributed by atoms with Crippen LogP contribution in [0.3, 0.4) is 0 Å². The molecule has 1 aromatic heterocycles. The molecule has 32 heavy (non-hydrogen) atoms. The molecule has 0 bridgehead atoms. The number of carboxylic acid groups (broad SMARTS) is 1. The number of rotatable bonds is 6. The van der Waals surface area contributed by atoms with Crippen LogP contribution in [0.5, 0.6) is 0 Å². The number of aliphatic carboxylic acids is 1. The summed E-state index contributed by atoms with van der Waals surface area (Å²) in [7, 11) is 0. The zero-order valence-electron chi connectivity index (χ0n) is 16.7. The third-order valence-corrected chi connectivity index (χ3v) is 5.03. The number of nitrogens with one attached hydrogen (secondary N) is 1. The summed E-state index contributed by atoms with van der Waals surface area (Å²) >= 11 is 0. The Morgan fingerprint density at radius 2 is 1.72 bits per heavy atom. The molecule has 0 saturated heterocycles. The van der Waals surface area contributed by atoms with Crippen LogP contribution in [0.15, 0.2) is 88.1 Å². The Kier molecular flexibility index (Phi) is 5.81. The van der Waals surface area contributed by atoms with E-state index in [-0.39, 0.29) is 12.0 Å². The van der Waals surface area contributed by atoms with Crippen LogP contribution in [-0.2, 0) is 11.2 Å². The fourth-order valence-electron chi connectivity index (χ4n) is 3.39. The number of carboxylic acids is 1. The van der Waals surface area contributed by atoms with Gasteiger partial charge in [0.1, 0.15) is 17.4 Å². The maximum atomic E-state index is 13.1. The number of benzene rings is 3. The van der Waals surface area contributed by atoms with Gasteiger partial charge < -0.3 is 14.8 Å². The average Bonchev–Trinajstić information content (AvgIpc) is 2.79. The number of para-hydroxylation sites is 1. The molecule has 3 aromatic carbocycles. The third kappa shape index (κ3) is 4.57. The molecule has 0 unspecified atom stereocenters. The minimum absolute atomic E-state index is 0.00466. The molecule has 6 nitrogen and oxygen atoms in total. The van der Waals surface area contributed by atoms with Gasteiger partial charge in [0.05, 0.1) is 5.56 Å². The molecular formula is C25H18FNO5. The largest absolute Gasteiger partial charge is 0.480 e. The predicted octanol–water partition coefficient (Wildman–Crippen LogP) is 4.02. The first-order valence-electron chi connectivity index (χ1n) is 9.82. The van der Waals surface area contributed by atoms with E-state index < -0.39 is 29.4 Å². The lowest BCUT2D eigenvalue weighted by atomic mass is 10.0. The fourth-order valence-corrected chi connectivity index (χ4v) is 3.39. The second-order valence-electron chi connectivity index (χ2n) is 7.26. The van der Waals surface area contributed by atoms with Gasteiger partial charge in [0, 0.05) is 17.4 Å². The maximum Gasteiger partial charge on any atom is 0.344 e. The monoisotopic (exact) mass is 431 g/mol. The van der Waals surface area contributed by atoms with Gasteiger partial charge in [-0.1, -0.05) is 42.5 Å². The first-order chi connectivity index (χ1) is 15.4. The van der Waals surface area contributed by atoms with E-state index in [9.17, 15) is 23.9 Å². The van der Waals surface area contributed by atoms with Crippen LogP contribution in [0.4, 0.5) is 4.39 Å². The number of amides is 1. The number of hydrogen-bond donors (Lipinski definition) is 2. The highest BCUT2D eigenvalue weighted by Gasteiger charge is 2.21. The first-order valence-corrected chi connectivity index (χ1v) is 9.82. The molecule has 0 saturated carbocycles. The number of halogens is 1. The van der Waals surface area contributed by atoms with Crippen molar-refractivity contribution < 1.29 is 23.5 Å². The standard InChI is InChI=1S/C25H18FNO5/c26-19-10-8-15(9-11-19)12-21(24(29)30)27-23(28)18-6-3-5-16(13-18)20-14-17-4-1-2-7-22(17)32-25(20)31/h1-11,13-14,21H,12H2,(H,27,28)(H,29,30)/t21-/m0/s1. The van der Waals surface area contributed by atoms with Crippen LogP contribution in [0.25, 0.3) is 22.1 Å². The van der Waals surface area contributed by atoms with Gasteiger partial charge in [0.2, 0.25) is 0 Å². The Morgan fingerprint density at radius 3 is 2.47 bits per heavy atom. The van der Waals surface area contributed by atoms with E-state index >= 15 is 0 Å². The van der Waals surface area contributed by atoms with Crippen molar-refractivity contribution in [1.82, 2.24) is 5.32 Å². The van der Waals surface area contributed by atoms with Crippen LogP contribution in [0.1, 0.15) is 15.9 Å². The minimum atomic E-state index is -1.21. The summed E-state index contributed by atoms with van der Waals surface area (Å²) in [6, 6.07) is 19.3. The van der Waals surface area contributed by atoms with Crippen LogP contribution in [-0.4, -0.2) is 23.0 Å². The molecule has 0 fully saturated rings. The summed E-state index contributed by atoms with van der Waals surface area (Å²) in [5.41, 5.74) is 1.45. The topological polar surface area (TPSA) is 96.6 Å². The number of carbonyl (C=O) groups is 2. The van der Waals surface area contributed by atoms with Crippen molar-refractivity contribution in [1.29, 1.82) is 0 Å². The van der Waals surface area contributed by atoms with E-state index in [1.807, 2.05) is 12.1 Å². The second-order valence-corrected chi connectivity index (χ2v) is 7.26. The molecule has 7 heteroatoms. The number of carbonyl (C=O) groups excluding carboxylic acids is 1. The van der Waals surface area contributed by atoms with Gasteiger partial charge in [0.25, 0.3) is 5.91 Å². The molecule has 4 rings (SSSR count). The van der Waals surface area contributed by atoms with Gasteiger partial charge >= 0.3 is 11.6 Å². The van der Waals surface area contributed by atoms with E-state index in [1.165, 1.54) is 36.4 Å². The lowest BCUT2D eigenvalue weighted by Crippen LogP contribution is -2.42. The van der Waals surface area contributed by atoms with Gasteiger partial charge in [-0.3, -0.25) is 4.79 Å². The molecule has 4 aromatic rings. The van der Waals surface area contributed by atoms with Crippen molar-refractivity contribution >= 4 is 22.8 Å². The maximum absolute atomic E-state index is 13.1. The van der Waals surface area contributed by atoms with Gasteiger partial charge in [-0.2, -0.15) is 0 Å².